The highest BCUT2D eigenvalue weighted by atomic mass is 14.4. The summed E-state index contributed by atoms with van der Waals surface area (Å²) in [5.74, 6) is 0. The Hall–Kier alpha value is -4.94. The van der Waals surface area contributed by atoms with Crippen LogP contribution in [0.2, 0.25) is 0 Å². The topological polar surface area (TPSA) is 0 Å². The third-order valence-electron chi connectivity index (χ3n) is 10.7. The molecule has 0 saturated carbocycles. The minimum Gasteiger partial charge on any atom is -0.0619 e. The van der Waals surface area contributed by atoms with Crippen LogP contribution in [0.1, 0.15) is 49.9 Å². The van der Waals surface area contributed by atoms with Gasteiger partial charge in [0, 0.05) is 10.8 Å². The van der Waals surface area contributed by atoms with Gasteiger partial charge >= 0.3 is 0 Å². The van der Waals surface area contributed by atoms with Crippen LogP contribution < -0.4 is 0 Å². The molecular weight excluding hydrogens is 528 g/mol. The summed E-state index contributed by atoms with van der Waals surface area (Å²) in [6.45, 7) is 9.48. The van der Waals surface area contributed by atoms with Gasteiger partial charge in [-0.15, -0.1) is 0 Å². The average molecular weight is 563 g/mol. The summed E-state index contributed by atoms with van der Waals surface area (Å²) in [6, 6.07) is 50.2. The largest absolute Gasteiger partial charge is 0.0619 e. The maximum absolute atomic E-state index is 2.40. The van der Waals surface area contributed by atoms with Gasteiger partial charge in [0.1, 0.15) is 0 Å². The van der Waals surface area contributed by atoms with E-state index in [0.29, 0.717) is 0 Å². The van der Waals surface area contributed by atoms with Gasteiger partial charge in [-0.3, -0.25) is 0 Å². The quantitative estimate of drug-likeness (QED) is 0.197. The second-order valence-corrected chi connectivity index (χ2v) is 13.7. The van der Waals surface area contributed by atoms with E-state index in [1.54, 1.807) is 0 Å². The van der Waals surface area contributed by atoms with Gasteiger partial charge in [0.25, 0.3) is 0 Å². The average Bonchev–Trinajstić information content (AvgIpc) is 3.06. The van der Waals surface area contributed by atoms with Crippen molar-refractivity contribution in [2.45, 2.75) is 38.5 Å². The van der Waals surface area contributed by atoms with E-state index in [4.69, 9.17) is 0 Å². The van der Waals surface area contributed by atoms with Crippen LogP contribution in [0, 0.1) is 0 Å². The number of hydrogen-bond acceptors (Lipinski definition) is 0. The van der Waals surface area contributed by atoms with Gasteiger partial charge in [-0.05, 0) is 94.4 Å². The summed E-state index contributed by atoms with van der Waals surface area (Å²) in [4.78, 5) is 0. The first-order valence-electron chi connectivity index (χ1n) is 15.8. The van der Waals surface area contributed by atoms with Crippen molar-refractivity contribution in [3.8, 4) is 44.5 Å². The molecule has 0 aliphatic heterocycles. The van der Waals surface area contributed by atoms with E-state index >= 15 is 0 Å². The molecule has 0 unspecified atom stereocenters. The molecule has 0 amide bonds. The van der Waals surface area contributed by atoms with Crippen molar-refractivity contribution in [3.05, 3.63) is 156 Å². The molecule has 0 atom stereocenters. The first kappa shape index (κ1) is 25.5. The van der Waals surface area contributed by atoms with E-state index in [1.165, 1.54) is 88.3 Å². The van der Waals surface area contributed by atoms with Crippen LogP contribution in [0.3, 0.4) is 0 Å². The molecule has 7 aromatic carbocycles. The molecule has 210 valence electrons. The molecule has 0 bridgehead atoms. The zero-order chi connectivity index (χ0) is 29.8. The maximum atomic E-state index is 2.40. The molecular formula is C44H34. The molecule has 9 rings (SSSR count). The molecule has 44 heavy (non-hydrogen) atoms. The Balaban J connectivity index is 1.26. The van der Waals surface area contributed by atoms with Crippen molar-refractivity contribution >= 4 is 21.5 Å². The van der Waals surface area contributed by atoms with Gasteiger partial charge < -0.3 is 0 Å². The van der Waals surface area contributed by atoms with Crippen molar-refractivity contribution in [2.24, 2.45) is 0 Å². The second kappa shape index (κ2) is 8.80. The fourth-order valence-corrected chi connectivity index (χ4v) is 8.48. The summed E-state index contributed by atoms with van der Waals surface area (Å²) in [5.41, 5.74) is 16.0. The summed E-state index contributed by atoms with van der Waals surface area (Å²) in [5, 5.41) is 5.44. The predicted molar refractivity (Wildman–Crippen MR) is 187 cm³/mol. The van der Waals surface area contributed by atoms with E-state index in [0.717, 1.165) is 0 Å². The SMILES string of the molecule is CC1(C)c2ccccc2-c2ccc(-c3cccc(-c4ccc5c6c(cccc46)C(C)(C)c4ccccc4-5)c3)c3cccc1c23. The van der Waals surface area contributed by atoms with Crippen molar-refractivity contribution in [1.82, 2.24) is 0 Å². The Morgan fingerprint density at radius 1 is 0.318 bits per heavy atom. The zero-order valence-corrected chi connectivity index (χ0v) is 25.7. The Kier molecular flexibility index (Phi) is 5.11. The fraction of sp³-hybridized carbons (Fsp3) is 0.136. The van der Waals surface area contributed by atoms with Crippen LogP contribution in [0.25, 0.3) is 66.1 Å². The zero-order valence-electron chi connectivity index (χ0n) is 25.7. The molecule has 0 aromatic heterocycles. The number of fused-ring (bicyclic) bond motifs is 4. The molecule has 0 heterocycles. The number of benzene rings is 7. The van der Waals surface area contributed by atoms with E-state index in [-0.39, 0.29) is 10.8 Å². The molecule has 2 aliphatic carbocycles. The molecule has 0 spiro atoms. The minimum absolute atomic E-state index is 0.0562. The number of rotatable bonds is 2. The Labute approximate surface area is 259 Å². The predicted octanol–water partition coefficient (Wildman–Crippen LogP) is 11.9. The smallest absolute Gasteiger partial charge is 0.0159 e. The van der Waals surface area contributed by atoms with Crippen LogP contribution in [-0.4, -0.2) is 0 Å². The normalized spacial score (nSPS) is 15.2. The molecule has 0 radical (unpaired) electrons. The summed E-state index contributed by atoms with van der Waals surface area (Å²) in [7, 11) is 0. The molecule has 0 saturated heterocycles. The molecule has 0 N–H and O–H groups in total. The molecule has 0 fully saturated rings. The van der Waals surface area contributed by atoms with Gasteiger partial charge in [-0.25, -0.2) is 0 Å². The standard InChI is InChI=1S/C44H34/c1-43(2)37-18-7-5-14-31(37)35-24-22-29(33-16-10-20-39(43)41(33)35)27-12-9-13-28(26-27)30-23-25-36-32-15-6-8-19-38(32)44(3,4)40-21-11-17-34(30)42(36)40/h5-26H,1-4H3. The van der Waals surface area contributed by atoms with Crippen LogP contribution >= 0.6 is 0 Å². The molecule has 0 heteroatoms. The lowest BCUT2D eigenvalue weighted by Crippen LogP contribution is -2.23. The van der Waals surface area contributed by atoms with Gasteiger partial charge in [0.15, 0.2) is 0 Å². The Bertz CT molecular complexity index is 2170. The van der Waals surface area contributed by atoms with Gasteiger partial charge in [0.2, 0.25) is 0 Å². The Morgan fingerprint density at radius 2 is 0.705 bits per heavy atom. The van der Waals surface area contributed by atoms with Gasteiger partial charge in [-0.2, -0.15) is 0 Å². The summed E-state index contributed by atoms with van der Waals surface area (Å²) in [6.07, 6.45) is 0. The van der Waals surface area contributed by atoms with Crippen LogP contribution in [0.15, 0.2) is 133 Å². The Morgan fingerprint density at radius 3 is 1.18 bits per heavy atom. The van der Waals surface area contributed by atoms with E-state index < -0.39 is 0 Å². The van der Waals surface area contributed by atoms with Crippen molar-refractivity contribution in [1.29, 1.82) is 0 Å². The summed E-state index contributed by atoms with van der Waals surface area (Å²) < 4.78 is 0. The van der Waals surface area contributed by atoms with Crippen molar-refractivity contribution < 1.29 is 0 Å². The van der Waals surface area contributed by atoms with Crippen molar-refractivity contribution in [3.63, 3.8) is 0 Å². The number of hydrogen-bond donors (Lipinski definition) is 0. The lowest BCUT2D eigenvalue weighted by atomic mass is 9.68. The first-order valence-corrected chi connectivity index (χ1v) is 15.8. The van der Waals surface area contributed by atoms with Crippen molar-refractivity contribution in [2.75, 3.05) is 0 Å². The molecule has 7 aromatic rings. The van der Waals surface area contributed by atoms with Crippen LogP contribution in [0.5, 0.6) is 0 Å². The minimum atomic E-state index is -0.0562. The first-order chi connectivity index (χ1) is 21.4. The highest BCUT2D eigenvalue weighted by Crippen LogP contribution is 2.52. The molecule has 0 nitrogen and oxygen atoms in total. The lowest BCUT2D eigenvalue weighted by Gasteiger charge is -2.35. The third kappa shape index (κ3) is 3.29. The van der Waals surface area contributed by atoms with Gasteiger partial charge in [0.05, 0.1) is 0 Å². The summed E-state index contributed by atoms with van der Waals surface area (Å²) >= 11 is 0. The highest BCUT2D eigenvalue weighted by Gasteiger charge is 2.35. The third-order valence-corrected chi connectivity index (χ3v) is 10.7. The second-order valence-electron chi connectivity index (χ2n) is 13.7. The highest BCUT2D eigenvalue weighted by molar-refractivity contribution is 6.11. The lowest BCUT2D eigenvalue weighted by molar-refractivity contribution is 0.645. The molecule has 2 aliphatic rings. The van der Waals surface area contributed by atoms with Gasteiger partial charge in [-0.1, -0.05) is 155 Å². The van der Waals surface area contributed by atoms with E-state index in [1.807, 2.05) is 0 Å². The van der Waals surface area contributed by atoms with E-state index in [2.05, 4.69) is 161 Å². The van der Waals surface area contributed by atoms with E-state index in [9.17, 15) is 0 Å². The van der Waals surface area contributed by atoms with Crippen LogP contribution in [0.4, 0.5) is 0 Å². The van der Waals surface area contributed by atoms with Crippen LogP contribution in [-0.2, 0) is 10.8 Å². The monoisotopic (exact) mass is 562 g/mol. The maximum Gasteiger partial charge on any atom is 0.0159 e. The fourth-order valence-electron chi connectivity index (χ4n) is 8.48.